The van der Waals surface area contributed by atoms with Crippen molar-refractivity contribution in [3.05, 3.63) is 23.7 Å². The van der Waals surface area contributed by atoms with Crippen molar-refractivity contribution < 1.29 is 19.4 Å². The normalized spacial score (nSPS) is 10.0. The zero-order valence-corrected chi connectivity index (χ0v) is 5.78. The van der Waals surface area contributed by atoms with E-state index < -0.39 is 12.4 Å². The quantitative estimate of drug-likeness (QED) is 0.602. The van der Waals surface area contributed by atoms with E-state index >= 15 is 0 Å². The number of carbonyl (C=O) groups is 1. The van der Waals surface area contributed by atoms with Gasteiger partial charge in [0, 0.05) is 5.56 Å². The molecule has 1 aromatic heterocycles. The summed E-state index contributed by atoms with van der Waals surface area (Å²) in [6, 6.07) is 1.49. The highest BCUT2D eigenvalue weighted by molar-refractivity contribution is 5.95. The summed E-state index contributed by atoms with van der Waals surface area (Å²) in [6.45, 7) is -0.849. The molecule has 0 unspecified atom stereocenters. The van der Waals surface area contributed by atoms with Crippen molar-refractivity contribution in [1.29, 1.82) is 0 Å². The maximum atomic E-state index is 10.8. The van der Waals surface area contributed by atoms with Crippen LogP contribution < -0.4 is 0 Å². The Kier molecular flexibility index (Phi) is 2.40. The highest BCUT2D eigenvalue weighted by Crippen LogP contribution is 2.10. The third kappa shape index (κ3) is 1.47. The summed E-state index contributed by atoms with van der Waals surface area (Å²) in [7, 11) is 0. The van der Waals surface area contributed by atoms with Gasteiger partial charge in [0.15, 0.2) is 5.76 Å². The van der Waals surface area contributed by atoms with Crippen LogP contribution >= 0.6 is 0 Å². The van der Waals surface area contributed by atoms with Crippen molar-refractivity contribution in [2.75, 3.05) is 6.61 Å². The molecule has 0 atom stereocenters. The van der Waals surface area contributed by atoms with Gasteiger partial charge in [-0.05, 0) is 6.07 Å². The zero-order valence-electron chi connectivity index (χ0n) is 5.78. The van der Waals surface area contributed by atoms with Gasteiger partial charge in [0.1, 0.15) is 6.61 Å². The molecule has 0 saturated heterocycles. The van der Waals surface area contributed by atoms with Crippen molar-refractivity contribution in [2.24, 2.45) is 0 Å². The van der Waals surface area contributed by atoms with Gasteiger partial charge >= 0.3 is 0 Å². The Balaban J connectivity index is 2.92. The summed E-state index contributed by atoms with van der Waals surface area (Å²) >= 11 is 0. The molecule has 4 nitrogen and oxygen atoms in total. The van der Waals surface area contributed by atoms with Crippen LogP contribution in [-0.2, 0) is 6.61 Å². The van der Waals surface area contributed by atoms with E-state index in [1.54, 1.807) is 0 Å². The van der Waals surface area contributed by atoms with E-state index in [0.29, 0.717) is 5.56 Å². The number of hydrogen-bond acceptors (Lipinski definition) is 4. The van der Waals surface area contributed by atoms with Crippen molar-refractivity contribution in [3.8, 4) is 0 Å². The Morgan fingerprint density at radius 1 is 1.55 bits per heavy atom. The van der Waals surface area contributed by atoms with E-state index in [9.17, 15) is 4.79 Å². The van der Waals surface area contributed by atoms with E-state index in [-0.39, 0.29) is 12.4 Å². The molecule has 0 spiro atoms. The Morgan fingerprint density at radius 3 is 2.82 bits per heavy atom. The van der Waals surface area contributed by atoms with Crippen molar-refractivity contribution in [3.63, 3.8) is 0 Å². The standard InChI is InChI=1S/C7H8O4/c8-3-5-1-2-11-7(5)6(10)4-9/h1-2,8-9H,3-4H2. The van der Waals surface area contributed by atoms with Gasteiger partial charge < -0.3 is 14.6 Å². The van der Waals surface area contributed by atoms with Crippen LogP contribution in [0.25, 0.3) is 0 Å². The first kappa shape index (κ1) is 7.97. The molecule has 0 saturated carbocycles. The SMILES string of the molecule is O=C(CO)c1occc1CO. The minimum Gasteiger partial charge on any atom is -0.461 e. The molecule has 0 aliphatic rings. The van der Waals surface area contributed by atoms with Crippen LogP contribution in [0.3, 0.4) is 0 Å². The van der Waals surface area contributed by atoms with Gasteiger partial charge in [-0.1, -0.05) is 0 Å². The number of hydrogen-bond donors (Lipinski definition) is 2. The van der Waals surface area contributed by atoms with Gasteiger partial charge in [0.25, 0.3) is 0 Å². The molecule has 0 aliphatic carbocycles. The van der Waals surface area contributed by atoms with Crippen LogP contribution in [0, 0.1) is 0 Å². The lowest BCUT2D eigenvalue weighted by Gasteiger charge is -1.93. The molecule has 1 aromatic rings. The molecule has 2 N–H and O–H groups in total. The second kappa shape index (κ2) is 3.32. The predicted octanol–water partition coefficient (Wildman–Crippen LogP) is -0.0531. The number of furan rings is 1. The second-order valence-electron chi connectivity index (χ2n) is 2.01. The smallest absolute Gasteiger partial charge is 0.223 e. The van der Waals surface area contributed by atoms with Crippen molar-refractivity contribution in [1.82, 2.24) is 0 Å². The lowest BCUT2D eigenvalue weighted by Crippen LogP contribution is -2.05. The van der Waals surface area contributed by atoms with E-state index in [0.717, 1.165) is 0 Å². The average molecular weight is 156 g/mol. The fraction of sp³-hybridized carbons (Fsp3) is 0.286. The number of ketones is 1. The highest BCUT2D eigenvalue weighted by atomic mass is 16.3. The lowest BCUT2D eigenvalue weighted by molar-refractivity contribution is 0.0871. The molecular formula is C7H8O4. The average Bonchev–Trinajstić information content (AvgIpc) is 2.50. The third-order valence-electron chi connectivity index (χ3n) is 1.31. The van der Waals surface area contributed by atoms with Gasteiger partial charge in [-0.15, -0.1) is 0 Å². The summed E-state index contributed by atoms with van der Waals surface area (Å²) in [5, 5.41) is 17.1. The summed E-state index contributed by atoms with van der Waals surface area (Å²) < 4.78 is 4.74. The van der Waals surface area contributed by atoms with E-state index in [1.807, 2.05) is 0 Å². The minimum absolute atomic E-state index is 0.0370. The van der Waals surface area contributed by atoms with E-state index in [2.05, 4.69) is 0 Å². The zero-order chi connectivity index (χ0) is 8.27. The number of aliphatic hydroxyl groups is 2. The van der Waals surface area contributed by atoms with Crippen LogP contribution in [0.5, 0.6) is 0 Å². The van der Waals surface area contributed by atoms with Crippen LogP contribution in [0.1, 0.15) is 16.1 Å². The molecule has 0 fully saturated rings. The highest BCUT2D eigenvalue weighted by Gasteiger charge is 2.12. The number of carbonyl (C=O) groups excluding carboxylic acids is 1. The third-order valence-corrected chi connectivity index (χ3v) is 1.31. The molecule has 0 aliphatic heterocycles. The molecule has 4 heteroatoms. The first-order valence-electron chi connectivity index (χ1n) is 3.11. The monoisotopic (exact) mass is 156 g/mol. The van der Waals surface area contributed by atoms with Crippen LogP contribution in [0.4, 0.5) is 0 Å². The Labute approximate surface area is 63.1 Å². The van der Waals surface area contributed by atoms with Crippen molar-refractivity contribution in [2.45, 2.75) is 6.61 Å². The van der Waals surface area contributed by atoms with Gasteiger partial charge in [-0.3, -0.25) is 4.79 Å². The maximum absolute atomic E-state index is 10.8. The van der Waals surface area contributed by atoms with Crippen LogP contribution in [-0.4, -0.2) is 22.6 Å². The van der Waals surface area contributed by atoms with Crippen LogP contribution in [0.15, 0.2) is 16.7 Å². The molecule has 60 valence electrons. The van der Waals surface area contributed by atoms with Gasteiger partial charge in [0.05, 0.1) is 12.9 Å². The lowest BCUT2D eigenvalue weighted by atomic mass is 10.2. The Hall–Kier alpha value is -1.13. The fourth-order valence-corrected chi connectivity index (χ4v) is 0.777. The Bertz CT molecular complexity index is 251. The Morgan fingerprint density at radius 2 is 2.27 bits per heavy atom. The second-order valence-corrected chi connectivity index (χ2v) is 2.01. The first-order valence-corrected chi connectivity index (χ1v) is 3.11. The molecule has 0 amide bonds. The molecule has 11 heavy (non-hydrogen) atoms. The fourth-order valence-electron chi connectivity index (χ4n) is 0.777. The predicted molar refractivity (Wildman–Crippen MR) is 36.0 cm³/mol. The topological polar surface area (TPSA) is 70.7 Å². The summed E-state index contributed by atoms with van der Waals surface area (Å²) in [5.74, 6) is -0.478. The first-order chi connectivity index (χ1) is 5.29. The molecule has 0 radical (unpaired) electrons. The van der Waals surface area contributed by atoms with Crippen LogP contribution in [0.2, 0.25) is 0 Å². The maximum Gasteiger partial charge on any atom is 0.223 e. The summed E-state index contributed by atoms with van der Waals surface area (Å²) in [6.07, 6.45) is 1.30. The largest absolute Gasteiger partial charge is 0.461 e. The molecular weight excluding hydrogens is 148 g/mol. The van der Waals surface area contributed by atoms with E-state index in [1.165, 1.54) is 12.3 Å². The minimum atomic E-state index is -0.597. The summed E-state index contributed by atoms with van der Waals surface area (Å²) in [5.41, 5.74) is 0.407. The number of Topliss-reactive ketones (excluding diaryl/α,β-unsaturated/α-hetero) is 1. The summed E-state index contributed by atoms with van der Waals surface area (Å²) in [4.78, 5) is 10.8. The van der Waals surface area contributed by atoms with Gasteiger partial charge in [-0.25, -0.2) is 0 Å². The van der Waals surface area contributed by atoms with E-state index in [4.69, 9.17) is 14.6 Å². The number of rotatable bonds is 3. The molecule has 1 heterocycles. The van der Waals surface area contributed by atoms with Gasteiger partial charge in [0.2, 0.25) is 5.78 Å². The van der Waals surface area contributed by atoms with Crippen molar-refractivity contribution >= 4 is 5.78 Å². The molecule has 0 aromatic carbocycles. The van der Waals surface area contributed by atoms with Gasteiger partial charge in [-0.2, -0.15) is 0 Å². The number of aliphatic hydroxyl groups excluding tert-OH is 2. The molecule has 0 bridgehead atoms. The molecule has 1 rings (SSSR count).